The fourth-order valence-electron chi connectivity index (χ4n) is 3.76. The van der Waals surface area contributed by atoms with Crippen molar-refractivity contribution in [3.63, 3.8) is 0 Å². The normalized spacial score (nSPS) is 15.5. The van der Waals surface area contributed by atoms with E-state index in [0.717, 1.165) is 37.9 Å². The zero-order valence-corrected chi connectivity index (χ0v) is 16.7. The number of aromatic nitrogens is 4. The van der Waals surface area contributed by atoms with Crippen molar-refractivity contribution < 1.29 is 13.9 Å². The number of nitrogens with one attached hydrogen (secondary N) is 1. The van der Waals surface area contributed by atoms with Gasteiger partial charge in [-0.2, -0.15) is 0 Å². The number of methoxy groups -OCH3 is 1. The third-order valence-corrected chi connectivity index (χ3v) is 5.25. The first-order valence-electron chi connectivity index (χ1n) is 9.87. The molecule has 3 aromatic rings. The van der Waals surface area contributed by atoms with E-state index in [0.29, 0.717) is 17.1 Å². The van der Waals surface area contributed by atoms with E-state index >= 15 is 0 Å². The Morgan fingerprint density at radius 1 is 1.13 bits per heavy atom. The lowest BCUT2D eigenvalue weighted by Gasteiger charge is -2.34. The van der Waals surface area contributed by atoms with Crippen LogP contribution in [0.4, 0.5) is 10.1 Å². The second-order valence-corrected chi connectivity index (χ2v) is 7.18. The van der Waals surface area contributed by atoms with Gasteiger partial charge in [0.05, 0.1) is 18.5 Å². The molecule has 1 atom stereocenters. The molecule has 1 unspecified atom stereocenters. The van der Waals surface area contributed by atoms with Crippen LogP contribution >= 0.6 is 0 Å². The highest BCUT2D eigenvalue weighted by molar-refractivity contribution is 5.97. The largest absolute Gasteiger partial charge is 0.494 e. The molecule has 1 N–H and O–H groups in total. The molecule has 0 aliphatic carbocycles. The topological polar surface area (TPSA) is 85.2 Å². The van der Waals surface area contributed by atoms with E-state index in [4.69, 9.17) is 4.74 Å². The van der Waals surface area contributed by atoms with Gasteiger partial charge in [0.1, 0.15) is 23.9 Å². The Labute approximate surface area is 173 Å². The number of hydrogen-bond donors (Lipinski definition) is 1. The van der Waals surface area contributed by atoms with Crippen LogP contribution < -0.4 is 10.1 Å². The standard InChI is InChI=1S/C21H23FN6O2/c1-30-19-13-17(28-14-23-25-26-28)9-10-18(19)24-21(29)20(27-11-3-2-4-12-27)15-5-7-16(22)8-6-15/h5-10,13-14,20H,2-4,11-12H2,1H3,(H,24,29). The Morgan fingerprint density at radius 2 is 1.90 bits per heavy atom. The average Bonchev–Trinajstić information content (AvgIpc) is 3.31. The summed E-state index contributed by atoms with van der Waals surface area (Å²) in [6.45, 7) is 1.65. The van der Waals surface area contributed by atoms with Crippen LogP contribution in [-0.2, 0) is 4.79 Å². The van der Waals surface area contributed by atoms with Crippen LogP contribution in [0.25, 0.3) is 5.69 Å². The molecular weight excluding hydrogens is 387 g/mol. The fraction of sp³-hybridized carbons (Fsp3) is 0.333. The number of carbonyl (C=O) groups is 1. The summed E-state index contributed by atoms with van der Waals surface area (Å²) >= 11 is 0. The van der Waals surface area contributed by atoms with E-state index < -0.39 is 6.04 Å². The molecule has 0 spiro atoms. The maximum Gasteiger partial charge on any atom is 0.246 e. The van der Waals surface area contributed by atoms with E-state index in [1.807, 2.05) is 0 Å². The van der Waals surface area contributed by atoms with Crippen molar-refractivity contribution in [2.75, 3.05) is 25.5 Å². The Bertz CT molecular complexity index is 987. The van der Waals surface area contributed by atoms with Gasteiger partial charge in [0.15, 0.2) is 0 Å². The molecule has 1 aliphatic heterocycles. The van der Waals surface area contributed by atoms with Gasteiger partial charge in [-0.25, -0.2) is 9.07 Å². The number of benzene rings is 2. The highest BCUT2D eigenvalue weighted by Crippen LogP contribution is 2.31. The zero-order valence-electron chi connectivity index (χ0n) is 16.7. The molecule has 156 valence electrons. The van der Waals surface area contributed by atoms with Crippen LogP contribution in [0.3, 0.4) is 0 Å². The van der Waals surface area contributed by atoms with Gasteiger partial charge < -0.3 is 10.1 Å². The highest BCUT2D eigenvalue weighted by Gasteiger charge is 2.29. The maximum atomic E-state index is 13.4. The van der Waals surface area contributed by atoms with Crippen LogP contribution in [-0.4, -0.2) is 51.2 Å². The SMILES string of the molecule is COc1cc(-n2cnnn2)ccc1NC(=O)C(c1ccc(F)cc1)N1CCCCC1. The number of nitrogens with zero attached hydrogens (tertiary/aromatic N) is 5. The Morgan fingerprint density at radius 3 is 2.57 bits per heavy atom. The minimum atomic E-state index is -0.505. The number of tetrazole rings is 1. The predicted octanol–water partition coefficient (Wildman–Crippen LogP) is 2.98. The first kappa shape index (κ1) is 20.0. The molecule has 2 aromatic carbocycles. The molecule has 2 heterocycles. The second kappa shape index (κ2) is 9.00. The van der Waals surface area contributed by atoms with Gasteiger partial charge >= 0.3 is 0 Å². The number of halogens is 1. The van der Waals surface area contributed by atoms with E-state index in [1.165, 1.54) is 30.3 Å². The van der Waals surface area contributed by atoms with Gasteiger partial charge in [-0.05, 0) is 66.2 Å². The molecule has 0 radical (unpaired) electrons. The number of carbonyl (C=O) groups excluding carboxylic acids is 1. The molecular formula is C21H23FN6O2. The summed E-state index contributed by atoms with van der Waals surface area (Å²) in [6.07, 6.45) is 4.71. The molecule has 4 rings (SSSR count). The number of ether oxygens (including phenoxy) is 1. The van der Waals surface area contributed by atoms with Crippen molar-refractivity contribution >= 4 is 11.6 Å². The molecule has 1 fully saturated rings. The smallest absolute Gasteiger partial charge is 0.246 e. The lowest BCUT2D eigenvalue weighted by Crippen LogP contribution is -2.40. The number of anilines is 1. The van der Waals surface area contributed by atoms with E-state index in [2.05, 4.69) is 25.7 Å². The second-order valence-electron chi connectivity index (χ2n) is 7.18. The Hall–Kier alpha value is -3.33. The van der Waals surface area contributed by atoms with Crippen molar-refractivity contribution in [2.45, 2.75) is 25.3 Å². The number of hydrogen-bond acceptors (Lipinski definition) is 6. The summed E-state index contributed by atoms with van der Waals surface area (Å²) in [5.41, 5.74) is 2.02. The van der Waals surface area contributed by atoms with Crippen molar-refractivity contribution in [1.82, 2.24) is 25.1 Å². The van der Waals surface area contributed by atoms with Gasteiger partial charge in [-0.1, -0.05) is 18.6 Å². The average molecular weight is 410 g/mol. The van der Waals surface area contributed by atoms with Gasteiger partial charge in [-0.3, -0.25) is 9.69 Å². The molecule has 1 aliphatic rings. The van der Waals surface area contributed by atoms with E-state index in [1.54, 1.807) is 30.3 Å². The van der Waals surface area contributed by atoms with Gasteiger partial charge in [-0.15, -0.1) is 5.10 Å². The highest BCUT2D eigenvalue weighted by atomic mass is 19.1. The number of likely N-dealkylation sites (tertiary alicyclic amines) is 1. The summed E-state index contributed by atoms with van der Waals surface area (Å²) in [5, 5.41) is 14.1. The van der Waals surface area contributed by atoms with Crippen molar-refractivity contribution in [3.8, 4) is 11.4 Å². The maximum absolute atomic E-state index is 13.4. The third-order valence-electron chi connectivity index (χ3n) is 5.25. The van der Waals surface area contributed by atoms with Gasteiger partial charge in [0.25, 0.3) is 0 Å². The molecule has 0 saturated carbocycles. The molecule has 9 heteroatoms. The summed E-state index contributed by atoms with van der Waals surface area (Å²) in [5.74, 6) is -0.0127. The molecule has 1 aromatic heterocycles. The third kappa shape index (κ3) is 4.30. The molecule has 30 heavy (non-hydrogen) atoms. The first-order valence-corrected chi connectivity index (χ1v) is 9.87. The molecule has 8 nitrogen and oxygen atoms in total. The summed E-state index contributed by atoms with van der Waals surface area (Å²) < 4.78 is 20.4. The Kier molecular flexibility index (Phi) is 5.99. The van der Waals surface area contributed by atoms with Gasteiger partial charge in [0, 0.05) is 6.07 Å². The van der Waals surface area contributed by atoms with E-state index in [9.17, 15) is 9.18 Å². The lowest BCUT2D eigenvalue weighted by molar-refractivity contribution is -0.122. The van der Waals surface area contributed by atoms with Crippen molar-refractivity contribution in [3.05, 3.63) is 60.2 Å². The van der Waals surface area contributed by atoms with Crippen molar-refractivity contribution in [1.29, 1.82) is 0 Å². The fourth-order valence-corrected chi connectivity index (χ4v) is 3.76. The molecule has 1 saturated heterocycles. The van der Waals surface area contributed by atoms with Crippen LogP contribution in [0, 0.1) is 5.82 Å². The quantitative estimate of drug-likeness (QED) is 0.673. The minimum Gasteiger partial charge on any atom is -0.494 e. The number of amides is 1. The van der Waals surface area contributed by atoms with Crippen LogP contribution in [0.5, 0.6) is 5.75 Å². The van der Waals surface area contributed by atoms with Gasteiger partial charge in [0.2, 0.25) is 5.91 Å². The lowest BCUT2D eigenvalue weighted by atomic mass is 10.0. The van der Waals surface area contributed by atoms with Crippen LogP contribution in [0.2, 0.25) is 0 Å². The zero-order chi connectivity index (χ0) is 20.9. The minimum absolute atomic E-state index is 0.183. The Balaban J connectivity index is 1.61. The summed E-state index contributed by atoms with van der Waals surface area (Å²) in [4.78, 5) is 15.5. The molecule has 0 bridgehead atoms. The van der Waals surface area contributed by atoms with Crippen LogP contribution in [0.15, 0.2) is 48.8 Å². The first-order chi connectivity index (χ1) is 14.7. The number of piperidine rings is 1. The predicted molar refractivity (Wildman–Crippen MR) is 109 cm³/mol. The van der Waals surface area contributed by atoms with E-state index in [-0.39, 0.29) is 11.7 Å². The van der Waals surface area contributed by atoms with Crippen molar-refractivity contribution in [2.24, 2.45) is 0 Å². The number of rotatable bonds is 6. The summed E-state index contributed by atoms with van der Waals surface area (Å²) in [7, 11) is 1.54. The van der Waals surface area contributed by atoms with Crippen LogP contribution in [0.1, 0.15) is 30.9 Å². The summed E-state index contributed by atoms with van der Waals surface area (Å²) in [6, 6.07) is 10.9. The molecule has 1 amide bonds. The monoisotopic (exact) mass is 410 g/mol.